The summed E-state index contributed by atoms with van der Waals surface area (Å²) in [7, 11) is 1.60. The molecule has 0 fully saturated rings. The molecule has 2 aromatic heterocycles. The summed E-state index contributed by atoms with van der Waals surface area (Å²) in [4.78, 5) is 11.1. The average molecular weight is 204 g/mol. The molecular formula is C10H12N4O. The highest BCUT2D eigenvalue weighted by Gasteiger charge is 1.97. The summed E-state index contributed by atoms with van der Waals surface area (Å²) in [6.45, 7) is 0.653. The second-order valence-corrected chi connectivity index (χ2v) is 2.98. The fourth-order valence-electron chi connectivity index (χ4n) is 1.21. The van der Waals surface area contributed by atoms with Gasteiger partial charge in [-0.15, -0.1) is 0 Å². The summed E-state index contributed by atoms with van der Waals surface area (Å²) < 4.78 is 5.02. The Bertz CT molecular complexity index is 413. The number of imidazole rings is 1. The summed E-state index contributed by atoms with van der Waals surface area (Å²) in [6.07, 6.45) is 5.22. The average Bonchev–Trinajstić information content (AvgIpc) is 2.79. The van der Waals surface area contributed by atoms with Crippen LogP contribution in [0.4, 0.5) is 5.69 Å². The van der Waals surface area contributed by atoms with Gasteiger partial charge in [-0.3, -0.25) is 0 Å². The SMILES string of the molecule is COc1cc(NCc2ncc[nH]2)ccn1. The van der Waals surface area contributed by atoms with Crippen molar-refractivity contribution < 1.29 is 4.74 Å². The van der Waals surface area contributed by atoms with Gasteiger partial charge in [-0.05, 0) is 6.07 Å². The van der Waals surface area contributed by atoms with Crippen LogP contribution in [0.5, 0.6) is 5.88 Å². The van der Waals surface area contributed by atoms with Crippen LogP contribution < -0.4 is 10.1 Å². The lowest BCUT2D eigenvalue weighted by Crippen LogP contribution is -2.01. The first-order valence-electron chi connectivity index (χ1n) is 4.60. The first kappa shape index (κ1) is 9.51. The van der Waals surface area contributed by atoms with Gasteiger partial charge in [-0.2, -0.15) is 0 Å². The molecule has 0 spiro atoms. The minimum atomic E-state index is 0.597. The van der Waals surface area contributed by atoms with E-state index in [4.69, 9.17) is 4.74 Å². The summed E-state index contributed by atoms with van der Waals surface area (Å²) in [5, 5.41) is 3.21. The Hall–Kier alpha value is -2.04. The molecular weight excluding hydrogens is 192 g/mol. The molecule has 5 nitrogen and oxygen atoms in total. The van der Waals surface area contributed by atoms with Crippen LogP contribution in [0.1, 0.15) is 5.82 Å². The van der Waals surface area contributed by atoms with Crippen molar-refractivity contribution >= 4 is 5.69 Å². The molecule has 0 saturated heterocycles. The van der Waals surface area contributed by atoms with Gasteiger partial charge in [0.25, 0.3) is 0 Å². The van der Waals surface area contributed by atoms with E-state index in [0.717, 1.165) is 11.5 Å². The van der Waals surface area contributed by atoms with Crippen molar-refractivity contribution in [2.24, 2.45) is 0 Å². The van der Waals surface area contributed by atoms with E-state index in [1.54, 1.807) is 25.7 Å². The van der Waals surface area contributed by atoms with E-state index >= 15 is 0 Å². The van der Waals surface area contributed by atoms with Gasteiger partial charge >= 0.3 is 0 Å². The maximum absolute atomic E-state index is 5.02. The van der Waals surface area contributed by atoms with E-state index < -0.39 is 0 Å². The third kappa shape index (κ3) is 2.46. The Morgan fingerprint density at radius 1 is 1.40 bits per heavy atom. The van der Waals surface area contributed by atoms with Crippen LogP contribution in [0.3, 0.4) is 0 Å². The summed E-state index contributed by atoms with van der Waals surface area (Å²) in [6, 6.07) is 3.72. The third-order valence-corrected chi connectivity index (χ3v) is 1.96. The Balaban J connectivity index is 1.98. The molecule has 15 heavy (non-hydrogen) atoms. The highest BCUT2D eigenvalue weighted by molar-refractivity contribution is 5.44. The topological polar surface area (TPSA) is 62.8 Å². The molecule has 78 valence electrons. The lowest BCUT2D eigenvalue weighted by molar-refractivity contribution is 0.398. The number of nitrogens with zero attached hydrogens (tertiary/aromatic N) is 2. The largest absolute Gasteiger partial charge is 0.481 e. The van der Waals surface area contributed by atoms with Gasteiger partial charge in [0.05, 0.1) is 13.7 Å². The molecule has 2 rings (SSSR count). The number of aromatic nitrogens is 3. The number of methoxy groups -OCH3 is 1. The zero-order valence-corrected chi connectivity index (χ0v) is 8.40. The molecule has 2 heterocycles. The number of rotatable bonds is 4. The van der Waals surface area contributed by atoms with Crippen LogP contribution in [0, 0.1) is 0 Å². The number of nitrogens with one attached hydrogen (secondary N) is 2. The van der Waals surface area contributed by atoms with Gasteiger partial charge in [0.15, 0.2) is 0 Å². The van der Waals surface area contributed by atoms with Crippen LogP contribution in [-0.2, 0) is 6.54 Å². The standard InChI is InChI=1S/C10H12N4O/c1-15-10-6-8(2-3-13-10)14-7-9-11-4-5-12-9/h2-6H,7H2,1H3,(H,11,12)(H,13,14). The van der Waals surface area contributed by atoms with E-state index in [1.807, 2.05) is 12.1 Å². The van der Waals surface area contributed by atoms with Crippen LogP contribution in [0.15, 0.2) is 30.7 Å². The lowest BCUT2D eigenvalue weighted by Gasteiger charge is -2.05. The van der Waals surface area contributed by atoms with E-state index in [2.05, 4.69) is 20.3 Å². The van der Waals surface area contributed by atoms with Crippen molar-refractivity contribution in [1.82, 2.24) is 15.0 Å². The molecule has 5 heteroatoms. The van der Waals surface area contributed by atoms with Crippen molar-refractivity contribution in [1.29, 1.82) is 0 Å². The Morgan fingerprint density at radius 3 is 3.07 bits per heavy atom. The molecule has 0 aliphatic carbocycles. The third-order valence-electron chi connectivity index (χ3n) is 1.96. The number of anilines is 1. The molecule has 0 radical (unpaired) electrons. The summed E-state index contributed by atoms with van der Waals surface area (Å²) in [5.74, 6) is 1.49. The smallest absolute Gasteiger partial charge is 0.214 e. The minimum Gasteiger partial charge on any atom is -0.481 e. The Kier molecular flexibility index (Phi) is 2.82. The molecule has 0 saturated carbocycles. The second kappa shape index (κ2) is 4.45. The Morgan fingerprint density at radius 2 is 2.33 bits per heavy atom. The van der Waals surface area contributed by atoms with E-state index in [1.165, 1.54) is 0 Å². The fraction of sp³-hybridized carbons (Fsp3) is 0.200. The molecule has 0 amide bonds. The number of H-pyrrole nitrogens is 1. The maximum Gasteiger partial charge on any atom is 0.214 e. The van der Waals surface area contributed by atoms with Gasteiger partial charge in [0.1, 0.15) is 5.82 Å². The monoisotopic (exact) mass is 204 g/mol. The van der Waals surface area contributed by atoms with Gasteiger partial charge in [0.2, 0.25) is 5.88 Å². The molecule has 0 unspecified atom stereocenters. The maximum atomic E-state index is 5.02. The van der Waals surface area contributed by atoms with Crippen LogP contribution in [0.2, 0.25) is 0 Å². The molecule has 2 aromatic rings. The van der Waals surface area contributed by atoms with Crippen LogP contribution in [0.25, 0.3) is 0 Å². The van der Waals surface area contributed by atoms with Gasteiger partial charge < -0.3 is 15.0 Å². The van der Waals surface area contributed by atoms with E-state index in [-0.39, 0.29) is 0 Å². The zero-order valence-electron chi connectivity index (χ0n) is 8.40. The number of hydrogen-bond donors (Lipinski definition) is 2. The second-order valence-electron chi connectivity index (χ2n) is 2.98. The van der Waals surface area contributed by atoms with Gasteiger partial charge in [0, 0.05) is 30.3 Å². The quantitative estimate of drug-likeness (QED) is 0.790. The van der Waals surface area contributed by atoms with Crippen molar-refractivity contribution in [2.75, 3.05) is 12.4 Å². The van der Waals surface area contributed by atoms with E-state index in [9.17, 15) is 0 Å². The van der Waals surface area contributed by atoms with Crippen molar-refractivity contribution in [3.63, 3.8) is 0 Å². The molecule has 0 atom stereocenters. The number of hydrogen-bond acceptors (Lipinski definition) is 4. The normalized spacial score (nSPS) is 9.93. The van der Waals surface area contributed by atoms with Crippen molar-refractivity contribution in [3.8, 4) is 5.88 Å². The predicted molar refractivity (Wildman–Crippen MR) is 56.7 cm³/mol. The number of aromatic amines is 1. The summed E-state index contributed by atoms with van der Waals surface area (Å²) >= 11 is 0. The number of ether oxygens (including phenoxy) is 1. The molecule has 0 aromatic carbocycles. The zero-order chi connectivity index (χ0) is 10.5. The van der Waals surface area contributed by atoms with Crippen LogP contribution in [-0.4, -0.2) is 22.1 Å². The fourth-order valence-corrected chi connectivity index (χ4v) is 1.21. The highest BCUT2D eigenvalue weighted by Crippen LogP contribution is 2.13. The molecule has 2 N–H and O–H groups in total. The first-order valence-corrected chi connectivity index (χ1v) is 4.60. The van der Waals surface area contributed by atoms with Gasteiger partial charge in [-0.1, -0.05) is 0 Å². The highest BCUT2D eigenvalue weighted by atomic mass is 16.5. The Labute approximate surface area is 87.5 Å². The molecule has 0 bridgehead atoms. The van der Waals surface area contributed by atoms with Crippen molar-refractivity contribution in [3.05, 3.63) is 36.5 Å². The first-order chi connectivity index (χ1) is 7.38. The van der Waals surface area contributed by atoms with Crippen LogP contribution >= 0.6 is 0 Å². The predicted octanol–water partition coefficient (Wildman–Crippen LogP) is 1.43. The number of pyridine rings is 1. The van der Waals surface area contributed by atoms with E-state index in [0.29, 0.717) is 12.4 Å². The molecule has 0 aliphatic heterocycles. The lowest BCUT2D eigenvalue weighted by atomic mass is 10.4. The minimum absolute atomic E-state index is 0.597. The van der Waals surface area contributed by atoms with Gasteiger partial charge in [-0.25, -0.2) is 9.97 Å². The summed E-state index contributed by atoms with van der Waals surface area (Å²) in [5.41, 5.74) is 0.957. The van der Waals surface area contributed by atoms with Crippen molar-refractivity contribution in [2.45, 2.75) is 6.54 Å². The molecule has 0 aliphatic rings.